The maximum absolute atomic E-state index is 14.1. The van der Waals surface area contributed by atoms with Crippen LogP contribution in [-0.2, 0) is 102 Å². The number of phenols is 1. The van der Waals surface area contributed by atoms with Crippen molar-refractivity contribution in [2.45, 2.75) is 190 Å². The molecule has 0 heterocycles. The van der Waals surface area contributed by atoms with E-state index in [4.69, 9.17) is 28.0 Å². The van der Waals surface area contributed by atoms with Crippen LogP contribution in [0.2, 0.25) is 0 Å². The van der Waals surface area contributed by atoms with Crippen LogP contribution in [-0.4, -0.2) is 253 Å². The molecule has 1 aromatic rings. The van der Waals surface area contributed by atoms with Gasteiger partial charge >= 0.3 is 23.9 Å². The van der Waals surface area contributed by atoms with Crippen molar-refractivity contribution in [1.82, 2.24) is 69.1 Å². The van der Waals surface area contributed by atoms with Crippen molar-refractivity contribution in [2.24, 2.45) is 28.9 Å². The molecule has 1 rings (SSSR count). The van der Waals surface area contributed by atoms with Gasteiger partial charge in [-0.05, 0) is 94.4 Å². The number of rotatable bonds is 52. The molecule has 0 aliphatic rings. The van der Waals surface area contributed by atoms with Gasteiger partial charge < -0.3 is 123 Å². The number of nitrogens with one attached hydrogen (secondary N) is 13. The Morgan fingerprint density at radius 1 is 0.396 bits per heavy atom. The molecule has 1 aromatic carbocycles. The van der Waals surface area contributed by atoms with Crippen molar-refractivity contribution in [1.29, 1.82) is 0 Å². The van der Waals surface area contributed by atoms with Crippen LogP contribution in [0.1, 0.15) is 117 Å². The van der Waals surface area contributed by atoms with E-state index in [0.717, 1.165) is 6.92 Å². The number of aliphatic carboxylic acids is 4. The maximum Gasteiger partial charge on any atom is 0.326 e. The molecular formula is C62H95N17O26S. The van der Waals surface area contributed by atoms with Crippen molar-refractivity contribution in [3.05, 3.63) is 29.8 Å². The van der Waals surface area contributed by atoms with Crippen LogP contribution >= 0.6 is 11.8 Å². The predicted molar refractivity (Wildman–Crippen MR) is 367 cm³/mol. The van der Waals surface area contributed by atoms with E-state index in [1.807, 2.05) is 10.6 Å². The van der Waals surface area contributed by atoms with Crippen molar-refractivity contribution in [3.63, 3.8) is 0 Å². The maximum atomic E-state index is 14.1. The summed E-state index contributed by atoms with van der Waals surface area (Å²) in [6.07, 6.45) is -5.87. The fourth-order valence-electron chi connectivity index (χ4n) is 9.28. The second-order valence-electron chi connectivity index (χ2n) is 24.5. The number of aromatic hydroxyl groups is 1. The average Bonchev–Trinajstić information content (AvgIpc) is 0.866. The predicted octanol–water partition coefficient (Wildman–Crippen LogP) is -9.26. The van der Waals surface area contributed by atoms with E-state index in [0.29, 0.717) is 5.75 Å². The standard InChI is InChI=1S/C62H95N17O26S/c1-28(2)22-39(76-56(98)35(14-19-49(89)90)71-46(85)25-67-53(95)33(13-18-48(87)88)72-51(93)29(3)63)59(101)69-30(4)52(94)73-36(11-16-44(65)83)58(100)79-42(27-80)61(103)78-41(24-50(91)92)54(96)68-26-47(86)70-34(10-15-43(64)82)55(97)77-40(23-31-6-8-32(81)9-7-31)60(102)74-37(12-17-45(66)84)57(99)75-38(62(104)105)20-21-106-5/h6-9,28-30,33-42,80-81H,10-27,63H2,1-5H3,(H2,64,82)(H2,65,83)(H2,66,84)(H,67,95)(H,68,96)(H,69,101)(H,70,86)(H,71,85)(H,72,93)(H,73,94)(H,74,102)(H,75,99)(H,76,98)(H,77,97)(H,78,103)(H,79,100)(H,87,88)(H,89,90)(H,91,92)(H,104,105)/t29-,30-,33-,34-,35-,36-,37-,38-,39-,40-,41-,42-/m0/s1. The van der Waals surface area contributed by atoms with Crippen molar-refractivity contribution in [3.8, 4) is 5.75 Å². The number of carboxylic acid groups (broad SMARTS) is 4. The minimum absolute atomic E-state index is 0.0465. The number of carboxylic acids is 4. The zero-order valence-electron chi connectivity index (χ0n) is 58.6. The molecule has 0 saturated heterocycles. The van der Waals surface area contributed by atoms with Gasteiger partial charge in [-0.25, -0.2) is 4.79 Å². The highest BCUT2D eigenvalue weighted by molar-refractivity contribution is 7.98. The zero-order valence-corrected chi connectivity index (χ0v) is 59.4. The molecule has 0 spiro atoms. The molecule has 0 unspecified atom stereocenters. The highest BCUT2D eigenvalue weighted by atomic mass is 32.2. The number of aliphatic hydroxyl groups excluding tert-OH is 1. The third-order valence-corrected chi connectivity index (χ3v) is 15.6. The molecule has 590 valence electrons. The van der Waals surface area contributed by atoms with E-state index in [1.54, 1.807) is 20.1 Å². The Kier molecular flexibility index (Phi) is 41.9. The van der Waals surface area contributed by atoms with Crippen molar-refractivity contribution < 1.29 is 127 Å². The Labute approximate surface area is 609 Å². The summed E-state index contributed by atoms with van der Waals surface area (Å²) >= 11 is 1.27. The lowest BCUT2D eigenvalue weighted by Gasteiger charge is -2.27. The number of thioether (sulfide) groups is 1. The molecule has 12 atom stereocenters. The molecule has 0 bridgehead atoms. The summed E-state index contributed by atoms with van der Waals surface area (Å²) < 4.78 is 0. The highest BCUT2D eigenvalue weighted by Crippen LogP contribution is 2.15. The first-order valence-electron chi connectivity index (χ1n) is 32.8. The average molecular weight is 1530 g/mol. The van der Waals surface area contributed by atoms with Gasteiger partial charge in [-0.1, -0.05) is 26.0 Å². The summed E-state index contributed by atoms with van der Waals surface area (Å²) in [6.45, 7) is 2.30. The van der Waals surface area contributed by atoms with E-state index in [1.165, 1.54) is 43.0 Å². The summed E-state index contributed by atoms with van der Waals surface area (Å²) in [5.74, 6) is -24.3. The number of hydrogen-bond acceptors (Lipinski definition) is 24. The number of carbonyl (C=O) groups is 20. The van der Waals surface area contributed by atoms with Gasteiger partial charge in [-0.15, -0.1) is 0 Å². The third kappa shape index (κ3) is 37.7. The van der Waals surface area contributed by atoms with Gasteiger partial charge in [0, 0.05) is 38.5 Å². The Morgan fingerprint density at radius 2 is 0.745 bits per heavy atom. The summed E-state index contributed by atoms with van der Waals surface area (Å²) in [5, 5.41) is 87.1. The summed E-state index contributed by atoms with van der Waals surface area (Å²) in [6, 6.07) is -14.9. The van der Waals surface area contributed by atoms with Gasteiger partial charge in [0.25, 0.3) is 0 Å². The molecule has 0 saturated carbocycles. The van der Waals surface area contributed by atoms with Crippen molar-refractivity contribution in [2.75, 3.05) is 31.7 Å². The van der Waals surface area contributed by atoms with Crippen LogP contribution in [0.3, 0.4) is 0 Å². The molecule has 44 heteroatoms. The summed E-state index contributed by atoms with van der Waals surface area (Å²) in [5.41, 5.74) is 21.8. The van der Waals surface area contributed by atoms with Gasteiger partial charge in [0.1, 0.15) is 72.2 Å². The fraction of sp³-hybridized carbons (Fsp3) is 0.581. The summed E-state index contributed by atoms with van der Waals surface area (Å²) in [4.78, 5) is 258. The zero-order chi connectivity index (χ0) is 80.7. The molecule has 0 aliphatic heterocycles. The minimum atomic E-state index is -2.13. The van der Waals surface area contributed by atoms with Gasteiger partial charge in [-0.2, -0.15) is 11.8 Å². The van der Waals surface area contributed by atoms with E-state index in [9.17, 15) is 121 Å². The lowest BCUT2D eigenvalue weighted by Crippen LogP contribution is -2.60. The molecule has 43 nitrogen and oxygen atoms in total. The lowest BCUT2D eigenvalue weighted by atomic mass is 10.0. The molecule has 0 aromatic heterocycles. The number of aliphatic hydroxyl groups is 1. The second kappa shape index (κ2) is 47.9. The number of amides is 16. The van der Waals surface area contributed by atoms with Crippen LogP contribution in [0.15, 0.2) is 24.3 Å². The largest absolute Gasteiger partial charge is 0.508 e. The normalized spacial score (nSPS) is 14.3. The topological polar surface area (TPSA) is 723 Å². The molecule has 106 heavy (non-hydrogen) atoms. The van der Waals surface area contributed by atoms with Crippen LogP contribution in [0.4, 0.5) is 0 Å². The van der Waals surface area contributed by atoms with Crippen LogP contribution in [0, 0.1) is 5.92 Å². The van der Waals surface area contributed by atoms with Crippen LogP contribution < -0.4 is 92.1 Å². The number of phenolic OH excluding ortho intramolecular Hbond substituents is 1. The van der Waals surface area contributed by atoms with Crippen LogP contribution in [0.5, 0.6) is 5.75 Å². The minimum Gasteiger partial charge on any atom is -0.508 e. The number of primary amides is 3. The van der Waals surface area contributed by atoms with Gasteiger partial charge in [0.2, 0.25) is 94.5 Å². The first-order chi connectivity index (χ1) is 49.6. The molecule has 0 radical (unpaired) electrons. The Hall–Kier alpha value is -11.3. The quantitative estimate of drug-likeness (QED) is 0.0288. The van der Waals surface area contributed by atoms with E-state index in [2.05, 4.69) is 58.5 Å². The molecule has 16 amide bonds. The SMILES string of the molecule is CSCC[C@H](NC(=O)[C@H](CCC(N)=O)NC(=O)[C@H](Cc1ccc(O)cc1)NC(=O)[C@H](CCC(N)=O)NC(=O)CNC(=O)[C@H](CC(=O)O)NC(=O)[C@H](CO)NC(=O)[C@H](CCC(N)=O)NC(=O)[C@H](C)NC(=O)[C@H](CC(C)C)NC(=O)[C@H](CCC(=O)O)NC(=O)CNC(=O)[C@H](CCC(=O)O)NC(=O)[C@H](C)N)C(=O)O. The molecule has 0 fully saturated rings. The molecule has 27 N–H and O–H groups in total. The first-order valence-corrected chi connectivity index (χ1v) is 34.2. The lowest BCUT2D eigenvalue weighted by molar-refractivity contribution is -0.142. The number of carbonyl (C=O) groups excluding carboxylic acids is 16. The Balaban J connectivity index is 3.39. The molecular weight excluding hydrogens is 1430 g/mol. The van der Waals surface area contributed by atoms with Gasteiger partial charge in [0.05, 0.1) is 32.2 Å². The number of benzene rings is 1. The molecule has 0 aliphatic carbocycles. The van der Waals surface area contributed by atoms with E-state index >= 15 is 0 Å². The smallest absolute Gasteiger partial charge is 0.326 e. The van der Waals surface area contributed by atoms with Crippen molar-refractivity contribution >= 4 is 130 Å². The number of hydrogen-bond donors (Lipinski definition) is 23. The monoisotopic (exact) mass is 1530 g/mol. The van der Waals surface area contributed by atoms with E-state index in [-0.39, 0.29) is 24.2 Å². The van der Waals surface area contributed by atoms with Gasteiger partial charge in [-0.3, -0.25) is 91.1 Å². The Bertz CT molecular complexity index is 3330. The van der Waals surface area contributed by atoms with Gasteiger partial charge in [0.15, 0.2) is 0 Å². The highest BCUT2D eigenvalue weighted by Gasteiger charge is 2.37. The Morgan fingerprint density at radius 3 is 1.15 bits per heavy atom. The third-order valence-electron chi connectivity index (χ3n) is 14.9. The second-order valence-corrected chi connectivity index (χ2v) is 25.4. The first kappa shape index (κ1) is 92.7. The number of nitrogens with two attached hydrogens (primary N) is 4. The fourth-order valence-corrected chi connectivity index (χ4v) is 9.75. The summed E-state index contributed by atoms with van der Waals surface area (Å²) in [7, 11) is 0. The van der Waals surface area contributed by atoms with E-state index < -0.39 is 294 Å². The van der Waals surface area contributed by atoms with Crippen LogP contribution in [0.25, 0.3) is 0 Å².